The van der Waals surface area contributed by atoms with Gasteiger partial charge in [0.25, 0.3) is 0 Å². The van der Waals surface area contributed by atoms with Crippen LogP contribution in [0.3, 0.4) is 0 Å². The fraction of sp³-hybridized carbons (Fsp3) is 0.286. The van der Waals surface area contributed by atoms with Crippen LogP contribution in [0.1, 0.15) is 16.5 Å². The summed E-state index contributed by atoms with van der Waals surface area (Å²) in [5, 5.41) is 10.5. The number of rotatable bonds is 6. The van der Waals surface area contributed by atoms with Crippen LogP contribution >= 0.6 is 43.2 Å². The van der Waals surface area contributed by atoms with Gasteiger partial charge in [0.05, 0.1) is 10.4 Å². The molecule has 1 aromatic heterocycles. The smallest absolute Gasteiger partial charge is 0.125 e. The number of ether oxygens (including phenoxy) is 2. The summed E-state index contributed by atoms with van der Waals surface area (Å²) in [4.78, 5) is 0.853. The molecule has 0 aliphatic carbocycles. The molecule has 1 atom stereocenters. The van der Waals surface area contributed by atoms with Gasteiger partial charge in [-0.25, -0.2) is 0 Å². The fourth-order valence-corrected chi connectivity index (χ4v) is 3.82. The van der Waals surface area contributed by atoms with E-state index in [-0.39, 0.29) is 0 Å². The van der Waals surface area contributed by atoms with Crippen molar-refractivity contribution in [3.63, 3.8) is 0 Å². The van der Waals surface area contributed by atoms with E-state index in [2.05, 4.69) is 31.9 Å². The van der Waals surface area contributed by atoms with Crippen LogP contribution < -0.4 is 4.74 Å². The van der Waals surface area contributed by atoms with Crippen molar-refractivity contribution in [3.05, 3.63) is 49.0 Å². The number of benzene rings is 1. The summed E-state index contributed by atoms with van der Waals surface area (Å²) in [5.74, 6) is 0.678. The maximum atomic E-state index is 10.5. The number of hydrogen-bond donors (Lipinski definition) is 1. The zero-order valence-electron chi connectivity index (χ0n) is 10.8. The summed E-state index contributed by atoms with van der Waals surface area (Å²) < 4.78 is 12.5. The number of thiophene rings is 1. The van der Waals surface area contributed by atoms with E-state index in [4.69, 9.17) is 9.47 Å². The molecule has 0 radical (unpaired) electrons. The van der Waals surface area contributed by atoms with Crippen molar-refractivity contribution < 1.29 is 14.6 Å². The van der Waals surface area contributed by atoms with E-state index in [9.17, 15) is 5.11 Å². The Morgan fingerprint density at radius 3 is 2.65 bits per heavy atom. The summed E-state index contributed by atoms with van der Waals surface area (Å²) in [7, 11) is 1.63. The highest BCUT2D eigenvalue weighted by molar-refractivity contribution is 9.13. The molecule has 0 aliphatic heterocycles. The maximum absolute atomic E-state index is 10.5. The Kier molecular flexibility index (Phi) is 6.04. The highest BCUT2D eigenvalue weighted by atomic mass is 79.9. The van der Waals surface area contributed by atoms with Crippen LogP contribution in [-0.2, 0) is 4.74 Å². The first-order chi connectivity index (χ1) is 9.63. The Morgan fingerprint density at radius 2 is 2.00 bits per heavy atom. The van der Waals surface area contributed by atoms with E-state index >= 15 is 0 Å². The van der Waals surface area contributed by atoms with Gasteiger partial charge >= 0.3 is 0 Å². The Balaban J connectivity index is 2.22. The van der Waals surface area contributed by atoms with Crippen LogP contribution in [0.4, 0.5) is 0 Å². The summed E-state index contributed by atoms with van der Waals surface area (Å²) in [6, 6.07) is 9.41. The minimum absolute atomic E-state index is 0.456. The molecule has 0 fully saturated rings. The third-order valence-electron chi connectivity index (χ3n) is 2.69. The van der Waals surface area contributed by atoms with Crippen molar-refractivity contribution in [1.29, 1.82) is 0 Å². The predicted octanol–water partition coefficient (Wildman–Crippen LogP) is 4.38. The van der Waals surface area contributed by atoms with E-state index in [1.54, 1.807) is 7.11 Å². The maximum Gasteiger partial charge on any atom is 0.125 e. The van der Waals surface area contributed by atoms with Gasteiger partial charge < -0.3 is 14.6 Å². The van der Waals surface area contributed by atoms with E-state index in [1.165, 1.54) is 11.3 Å². The largest absolute Gasteiger partial charge is 0.491 e. The van der Waals surface area contributed by atoms with Crippen LogP contribution in [0.15, 0.2) is 38.6 Å². The third kappa shape index (κ3) is 3.83. The van der Waals surface area contributed by atoms with Gasteiger partial charge in [-0.05, 0) is 44.0 Å². The lowest BCUT2D eigenvalue weighted by Gasteiger charge is -2.15. The van der Waals surface area contributed by atoms with Gasteiger partial charge in [-0.3, -0.25) is 0 Å². The normalized spacial score (nSPS) is 12.4. The number of para-hydroxylation sites is 1. The Labute approximate surface area is 138 Å². The predicted molar refractivity (Wildman–Crippen MR) is 87.6 cm³/mol. The molecule has 1 unspecified atom stereocenters. The summed E-state index contributed by atoms with van der Waals surface area (Å²) in [5.41, 5.74) is 0.754. The summed E-state index contributed by atoms with van der Waals surface area (Å²) in [6.45, 7) is 0.971. The standard InChI is InChI=1S/C14H14Br2O3S/c1-18-6-7-19-11-5-3-2-4-9(11)13(17)12-8-10(15)14(16)20-12/h2-5,8,13,17H,6-7H2,1H3. The molecule has 0 bridgehead atoms. The topological polar surface area (TPSA) is 38.7 Å². The van der Waals surface area contributed by atoms with E-state index in [0.29, 0.717) is 19.0 Å². The van der Waals surface area contributed by atoms with Crippen LogP contribution in [0.5, 0.6) is 5.75 Å². The van der Waals surface area contributed by atoms with Crippen molar-refractivity contribution in [3.8, 4) is 5.75 Å². The lowest BCUT2D eigenvalue weighted by molar-refractivity contribution is 0.142. The fourth-order valence-electron chi connectivity index (χ4n) is 1.72. The number of aliphatic hydroxyl groups excluding tert-OH is 1. The van der Waals surface area contributed by atoms with Crippen molar-refractivity contribution in [1.82, 2.24) is 0 Å². The Hall–Kier alpha value is -0.400. The zero-order valence-corrected chi connectivity index (χ0v) is 14.8. The molecule has 1 N–H and O–H groups in total. The number of hydrogen-bond acceptors (Lipinski definition) is 4. The second kappa shape index (κ2) is 7.56. The van der Waals surface area contributed by atoms with Crippen molar-refractivity contribution in [2.45, 2.75) is 6.10 Å². The molecular weight excluding hydrogens is 408 g/mol. The lowest BCUT2D eigenvalue weighted by atomic mass is 10.1. The minimum atomic E-state index is -0.707. The average Bonchev–Trinajstić information content (AvgIpc) is 2.79. The molecule has 0 aliphatic rings. The monoisotopic (exact) mass is 420 g/mol. The highest BCUT2D eigenvalue weighted by Gasteiger charge is 2.18. The third-order valence-corrected chi connectivity index (χ3v) is 6.00. The quantitative estimate of drug-likeness (QED) is 0.703. The molecule has 108 valence electrons. The number of aliphatic hydroxyl groups is 1. The molecular formula is C14H14Br2O3S. The summed E-state index contributed by atoms with van der Waals surface area (Å²) in [6.07, 6.45) is -0.707. The average molecular weight is 422 g/mol. The zero-order chi connectivity index (χ0) is 14.5. The molecule has 2 rings (SSSR count). The highest BCUT2D eigenvalue weighted by Crippen LogP contribution is 2.39. The van der Waals surface area contributed by atoms with Gasteiger partial charge in [0.1, 0.15) is 18.5 Å². The number of halogens is 2. The number of methoxy groups -OCH3 is 1. The molecule has 0 amide bonds. The molecule has 0 spiro atoms. The van der Waals surface area contributed by atoms with Gasteiger partial charge in [-0.2, -0.15) is 0 Å². The van der Waals surface area contributed by atoms with Crippen molar-refractivity contribution in [2.75, 3.05) is 20.3 Å². The Morgan fingerprint density at radius 1 is 1.25 bits per heavy atom. The lowest BCUT2D eigenvalue weighted by Crippen LogP contribution is -2.07. The molecule has 1 heterocycles. The van der Waals surface area contributed by atoms with Crippen LogP contribution in [0.2, 0.25) is 0 Å². The van der Waals surface area contributed by atoms with E-state index < -0.39 is 6.10 Å². The molecule has 0 saturated carbocycles. The molecule has 1 aromatic carbocycles. The second-order valence-corrected chi connectivity index (χ2v) is 7.31. The molecule has 20 heavy (non-hydrogen) atoms. The van der Waals surface area contributed by atoms with Crippen LogP contribution in [0, 0.1) is 0 Å². The second-order valence-electron chi connectivity index (χ2n) is 4.05. The van der Waals surface area contributed by atoms with Gasteiger partial charge in [0.2, 0.25) is 0 Å². The summed E-state index contributed by atoms with van der Waals surface area (Å²) >= 11 is 8.36. The molecule has 0 saturated heterocycles. The SMILES string of the molecule is COCCOc1ccccc1C(O)c1cc(Br)c(Br)s1. The first kappa shape index (κ1) is 16.0. The molecule has 3 nitrogen and oxygen atoms in total. The van der Waals surface area contributed by atoms with Crippen molar-refractivity contribution in [2.24, 2.45) is 0 Å². The van der Waals surface area contributed by atoms with Gasteiger partial charge in [0.15, 0.2) is 0 Å². The van der Waals surface area contributed by atoms with E-state index in [1.807, 2.05) is 30.3 Å². The first-order valence-corrected chi connectivity index (χ1v) is 8.37. The first-order valence-electron chi connectivity index (χ1n) is 5.97. The van der Waals surface area contributed by atoms with Gasteiger partial charge in [0, 0.05) is 22.0 Å². The van der Waals surface area contributed by atoms with Gasteiger partial charge in [-0.15, -0.1) is 11.3 Å². The molecule has 6 heteroatoms. The van der Waals surface area contributed by atoms with Crippen LogP contribution in [-0.4, -0.2) is 25.4 Å². The minimum Gasteiger partial charge on any atom is -0.491 e. The van der Waals surface area contributed by atoms with E-state index in [0.717, 1.165) is 18.7 Å². The van der Waals surface area contributed by atoms with Crippen LogP contribution in [0.25, 0.3) is 0 Å². The Bertz CT molecular complexity index is 552. The van der Waals surface area contributed by atoms with Crippen molar-refractivity contribution >= 4 is 43.2 Å². The molecule has 2 aromatic rings. The van der Waals surface area contributed by atoms with Gasteiger partial charge in [-0.1, -0.05) is 18.2 Å².